The Hall–Kier alpha value is -1.75. The van der Waals surface area contributed by atoms with Crippen LogP contribution in [0.5, 0.6) is 5.75 Å². The number of aliphatic imine (C=N–C) groups is 1. The third-order valence-electron chi connectivity index (χ3n) is 3.92. The molecule has 2 rings (SSSR count). The van der Waals surface area contributed by atoms with Crippen molar-refractivity contribution in [3.63, 3.8) is 0 Å². The Kier molecular flexibility index (Phi) is 4.49. The van der Waals surface area contributed by atoms with Gasteiger partial charge in [0.25, 0.3) is 0 Å². The molecule has 0 aliphatic carbocycles. The van der Waals surface area contributed by atoms with Crippen LogP contribution in [0.15, 0.2) is 29.3 Å². The monoisotopic (exact) mass is 277 g/mol. The Morgan fingerprint density at radius 3 is 2.75 bits per heavy atom. The van der Waals surface area contributed by atoms with Crippen molar-refractivity contribution in [1.82, 2.24) is 4.90 Å². The van der Waals surface area contributed by atoms with E-state index in [0.29, 0.717) is 18.3 Å². The van der Waals surface area contributed by atoms with Gasteiger partial charge in [0.15, 0.2) is 5.96 Å². The van der Waals surface area contributed by atoms with Gasteiger partial charge >= 0.3 is 0 Å². The lowest BCUT2D eigenvalue weighted by Gasteiger charge is -2.36. The smallest absolute Gasteiger partial charge is 0.191 e. The van der Waals surface area contributed by atoms with Crippen LogP contribution in [0.4, 0.5) is 0 Å². The number of methoxy groups -OCH3 is 1. The van der Waals surface area contributed by atoms with Crippen LogP contribution in [0, 0.1) is 0 Å². The topological polar surface area (TPSA) is 71.1 Å². The molecular weight excluding hydrogens is 254 g/mol. The summed E-state index contributed by atoms with van der Waals surface area (Å²) in [5, 5.41) is 9.30. The van der Waals surface area contributed by atoms with Gasteiger partial charge < -0.3 is 20.5 Å². The van der Waals surface area contributed by atoms with Crippen molar-refractivity contribution >= 4 is 5.96 Å². The number of hydrogen-bond donors (Lipinski definition) is 2. The standard InChI is InChI=1S/C15H23N3O2/c1-15(8-7-12-3-5-13(19)6-4-12)11-17-14(16)18(15)9-10-20-2/h3-6,19H,7-11H2,1-2H3,(H2,16,17). The van der Waals surface area contributed by atoms with Gasteiger partial charge in [0.05, 0.1) is 18.7 Å². The summed E-state index contributed by atoms with van der Waals surface area (Å²) in [5.74, 6) is 0.908. The van der Waals surface area contributed by atoms with Crippen molar-refractivity contribution in [2.45, 2.75) is 25.3 Å². The van der Waals surface area contributed by atoms with Crippen LogP contribution in [0.1, 0.15) is 18.9 Å². The summed E-state index contributed by atoms with van der Waals surface area (Å²) in [4.78, 5) is 6.51. The Morgan fingerprint density at radius 2 is 2.10 bits per heavy atom. The second kappa shape index (κ2) is 6.13. The Balaban J connectivity index is 1.97. The quantitative estimate of drug-likeness (QED) is 0.823. The predicted octanol–water partition coefficient (Wildman–Crippen LogP) is 1.36. The van der Waals surface area contributed by atoms with Crippen molar-refractivity contribution in [2.75, 3.05) is 26.8 Å². The van der Waals surface area contributed by atoms with E-state index < -0.39 is 0 Å². The van der Waals surface area contributed by atoms with Crippen LogP contribution in [-0.4, -0.2) is 48.3 Å². The van der Waals surface area contributed by atoms with Gasteiger partial charge in [0.2, 0.25) is 0 Å². The van der Waals surface area contributed by atoms with Gasteiger partial charge in [-0.3, -0.25) is 4.99 Å². The Bertz CT molecular complexity index is 473. The first-order chi connectivity index (χ1) is 9.55. The molecule has 0 saturated heterocycles. The summed E-state index contributed by atoms with van der Waals surface area (Å²) in [6, 6.07) is 7.36. The van der Waals surface area contributed by atoms with Gasteiger partial charge in [-0.1, -0.05) is 12.1 Å². The van der Waals surface area contributed by atoms with E-state index in [1.807, 2.05) is 12.1 Å². The highest BCUT2D eigenvalue weighted by Gasteiger charge is 2.37. The normalized spacial score (nSPS) is 22.1. The maximum atomic E-state index is 9.30. The maximum absolute atomic E-state index is 9.30. The molecule has 0 fully saturated rings. The molecule has 0 saturated carbocycles. The highest BCUT2D eigenvalue weighted by molar-refractivity contribution is 5.80. The van der Waals surface area contributed by atoms with Crippen LogP contribution < -0.4 is 5.73 Å². The van der Waals surface area contributed by atoms with E-state index in [1.54, 1.807) is 19.2 Å². The number of benzene rings is 1. The van der Waals surface area contributed by atoms with E-state index in [4.69, 9.17) is 10.5 Å². The van der Waals surface area contributed by atoms with Gasteiger partial charge in [-0.15, -0.1) is 0 Å². The number of aryl methyl sites for hydroxylation is 1. The number of nitrogens with zero attached hydrogens (tertiary/aromatic N) is 2. The maximum Gasteiger partial charge on any atom is 0.191 e. The SMILES string of the molecule is COCCN1C(N)=NCC1(C)CCc1ccc(O)cc1. The van der Waals surface area contributed by atoms with Crippen molar-refractivity contribution in [3.8, 4) is 5.75 Å². The molecule has 20 heavy (non-hydrogen) atoms. The van der Waals surface area contributed by atoms with Crippen LogP contribution in [-0.2, 0) is 11.2 Å². The largest absolute Gasteiger partial charge is 0.508 e. The van der Waals surface area contributed by atoms with Gasteiger partial charge in [-0.25, -0.2) is 0 Å². The first kappa shape index (κ1) is 14.7. The molecule has 0 radical (unpaired) electrons. The number of ether oxygens (including phenoxy) is 1. The van der Waals surface area contributed by atoms with Crippen LogP contribution in [0.25, 0.3) is 0 Å². The molecule has 5 nitrogen and oxygen atoms in total. The molecule has 0 amide bonds. The average molecular weight is 277 g/mol. The zero-order valence-electron chi connectivity index (χ0n) is 12.2. The molecule has 0 spiro atoms. The van der Waals surface area contributed by atoms with E-state index in [1.165, 1.54) is 5.56 Å². The highest BCUT2D eigenvalue weighted by atomic mass is 16.5. The lowest BCUT2D eigenvalue weighted by atomic mass is 9.92. The molecule has 5 heteroatoms. The number of phenols is 1. The minimum Gasteiger partial charge on any atom is -0.508 e. The van der Waals surface area contributed by atoms with E-state index in [9.17, 15) is 5.11 Å². The number of hydrogen-bond acceptors (Lipinski definition) is 5. The molecule has 1 atom stereocenters. The molecule has 0 bridgehead atoms. The van der Waals surface area contributed by atoms with Gasteiger partial charge in [-0.2, -0.15) is 0 Å². The zero-order chi connectivity index (χ0) is 14.6. The number of aromatic hydroxyl groups is 1. The number of phenolic OH excluding ortho intramolecular Hbond substituents is 1. The first-order valence-corrected chi connectivity index (χ1v) is 6.89. The Morgan fingerprint density at radius 1 is 1.40 bits per heavy atom. The molecule has 1 unspecified atom stereocenters. The summed E-state index contributed by atoms with van der Waals surface area (Å²) < 4.78 is 5.14. The van der Waals surface area contributed by atoms with Crippen molar-refractivity contribution < 1.29 is 9.84 Å². The van der Waals surface area contributed by atoms with Crippen molar-refractivity contribution in [1.29, 1.82) is 0 Å². The first-order valence-electron chi connectivity index (χ1n) is 6.89. The second-order valence-corrected chi connectivity index (χ2v) is 5.48. The minimum atomic E-state index is -0.0551. The third kappa shape index (κ3) is 3.22. The van der Waals surface area contributed by atoms with E-state index in [0.717, 1.165) is 25.9 Å². The second-order valence-electron chi connectivity index (χ2n) is 5.48. The van der Waals surface area contributed by atoms with E-state index in [-0.39, 0.29) is 5.54 Å². The third-order valence-corrected chi connectivity index (χ3v) is 3.92. The number of rotatable bonds is 6. The summed E-state index contributed by atoms with van der Waals surface area (Å²) >= 11 is 0. The summed E-state index contributed by atoms with van der Waals surface area (Å²) in [7, 11) is 1.69. The predicted molar refractivity (Wildman–Crippen MR) is 79.9 cm³/mol. The summed E-state index contributed by atoms with van der Waals surface area (Å²) in [5.41, 5.74) is 7.13. The highest BCUT2D eigenvalue weighted by Crippen LogP contribution is 2.27. The lowest BCUT2D eigenvalue weighted by molar-refractivity contribution is 0.132. The molecule has 1 aromatic rings. The number of guanidine groups is 1. The molecule has 1 aromatic carbocycles. The van der Waals surface area contributed by atoms with Gasteiger partial charge in [0, 0.05) is 13.7 Å². The fourth-order valence-electron chi connectivity index (χ4n) is 2.56. The van der Waals surface area contributed by atoms with Crippen molar-refractivity contribution in [2.24, 2.45) is 10.7 Å². The fourth-order valence-corrected chi connectivity index (χ4v) is 2.56. The van der Waals surface area contributed by atoms with Crippen LogP contribution in [0.3, 0.4) is 0 Å². The van der Waals surface area contributed by atoms with Gasteiger partial charge in [-0.05, 0) is 37.5 Å². The van der Waals surface area contributed by atoms with E-state index in [2.05, 4.69) is 16.8 Å². The Labute approximate surface area is 120 Å². The molecule has 110 valence electrons. The fraction of sp³-hybridized carbons (Fsp3) is 0.533. The van der Waals surface area contributed by atoms with Crippen LogP contribution >= 0.6 is 0 Å². The number of nitrogens with two attached hydrogens (primary N) is 1. The minimum absolute atomic E-state index is 0.0551. The average Bonchev–Trinajstić information content (AvgIpc) is 2.72. The van der Waals surface area contributed by atoms with Crippen LogP contribution in [0.2, 0.25) is 0 Å². The van der Waals surface area contributed by atoms with Gasteiger partial charge in [0.1, 0.15) is 5.75 Å². The molecule has 0 aromatic heterocycles. The molecule has 1 aliphatic rings. The molecule has 1 heterocycles. The molecule has 1 aliphatic heterocycles. The lowest BCUT2D eigenvalue weighted by Crippen LogP contribution is -2.51. The molecule has 3 N–H and O–H groups in total. The van der Waals surface area contributed by atoms with E-state index >= 15 is 0 Å². The summed E-state index contributed by atoms with van der Waals surface area (Å²) in [6.45, 7) is 4.32. The van der Waals surface area contributed by atoms with Crippen molar-refractivity contribution in [3.05, 3.63) is 29.8 Å². The zero-order valence-corrected chi connectivity index (χ0v) is 12.2. The summed E-state index contributed by atoms with van der Waals surface area (Å²) in [6.07, 6.45) is 1.90. The molecular formula is C15H23N3O2.